The number of carbonyl (C=O) groups is 3. The van der Waals surface area contributed by atoms with E-state index in [-0.39, 0.29) is 24.2 Å². The van der Waals surface area contributed by atoms with E-state index in [1.54, 1.807) is 0 Å². The molecule has 6 heteroatoms. The van der Waals surface area contributed by atoms with Gasteiger partial charge in [-0.3, -0.25) is 4.79 Å². The number of carbonyl (C=O) groups excluding carboxylic acids is 2. The van der Waals surface area contributed by atoms with Crippen molar-refractivity contribution >= 4 is 17.9 Å². The van der Waals surface area contributed by atoms with Crippen LogP contribution in [0.25, 0.3) is 0 Å². The second-order valence-corrected chi connectivity index (χ2v) is 4.17. The molecule has 0 saturated heterocycles. The maximum absolute atomic E-state index is 11.7. The fourth-order valence-electron chi connectivity index (χ4n) is 1.64. The number of ether oxygens (including phenoxy) is 1. The van der Waals surface area contributed by atoms with Gasteiger partial charge in [0.2, 0.25) is 0 Å². The Morgan fingerprint density at radius 2 is 1.70 bits per heavy atom. The lowest BCUT2D eigenvalue weighted by Crippen LogP contribution is -2.25. The second kappa shape index (κ2) is 7.93. The first-order valence-corrected chi connectivity index (χ1v) is 6.21. The predicted molar refractivity (Wildman–Crippen MR) is 67.2 cm³/mol. The van der Waals surface area contributed by atoms with E-state index in [2.05, 4.69) is 0 Å². The number of benzene rings is 1. The Morgan fingerprint density at radius 1 is 1.05 bits per heavy atom. The number of hydrogen-bond acceptors (Lipinski definition) is 5. The average Bonchev–Trinajstić information content (AvgIpc) is 2.42. The van der Waals surface area contributed by atoms with E-state index in [0.29, 0.717) is 19.3 Å². The van der Waals surface area contributed by atoms with Crippen molar-refractivity contribution in [3.05, 3.63) is 35.4 Å². The highest BCUT2D eigenvalue weighted by molar-refractivity contribution is 6.01. The number of carboxylic acid groups (broad SMARTS) is 2. The van der Waals surface area contributed by atoms with Crippen LogP contribution < -0.4 is 5.11 Å². The molecule has 0 aliphatic heterocycles. The summed E-state index contributed by atoms with van der Waals surface area (Å²) in [7, 11) is 0. The first-order chi connectivity index (χ1) is 9.52. The van der Waals surface area contributed by atoms with Gasteiger partial charge < -0.3 is 19.7 Å². The molecule has 0 saturated carbocycles. The molecule has 1 aromatic carbocycles. The zero-order valence-electron chi connectivity index (χ0n) is 10.8. The van der Waals surface area contributed by atoms with Gasteiger partial charge in [-0.25, -0.2) is 4.79 Å². The SMILES string of the molecule is O=C(O)CCCCCOC(=O)c1ccccc1C(=O)[O-]. The Bertz CT molecular complexity index is 494. The van der Waals surface area contributed by atoms with Gasteiger partial charge in [0.05, 0.1) is 18.1 Å². The molecule has 0 amide bonds. The third-order valence-corrected chi connectivity index (χ3v) is 2.64. The quantitative estimate of drug-likeness (QED) is 0.559. The van der Waals surface area contributed by atoms with E-state index < -0.39 is 17.9 Å². The van der Waals surface area contributed by atoms with Gasteiger partial charge in [0.1, 0.15) is 0 Å². The molecule has 1 N–H and O–H groups in total. The molecule has 108 valence electrons. The molecule has 0 heterocycles. The summed E-state index contributed by atoms with van der Waals surface area (Å²) >= 11 is 0. The highest BCUT2D eigenvalue weighted by atomic mass is 16.5. The number of unbranched alkanes of at least 4 members (excludes halogenated alkanes) is 2. The van der Waals surface area contributed by atoms with E-state index in [4.69, 9.17) is 9.84 Å². The summed E-state index contributed by atoms with van der Waals surface area (Å²) in [5, 5.41) is 19.3. The predicted octanol–water partition coefficient (Wildman–Crippen LogP) is 0.852. The van der Waals surface area contributed by atoms with Crippen LogP contribution in [0, 0.1) is 0 Å². The van der Waals surface area contributed by atoms with Crippen LogP contribution in [-0.2, 0) is 9.53 Å². The summed E-state index contributed by atoms with van der Waals surface area (Å²) in [5.74, 6) is -3.01. The number of aromatic carboxylic acids is 1. The molecule has 0 aromatic heterocycles. The Balaban J connectivity index is 2.40. The normalized spacial score (nSPS) is 10.0. The molecule has 20 heavy (non-hydrogen) atoms. The van der Waals surface area contributed by atoms with Gasteiger partial charge in [0.25, 0.3) is 0 Å². The minimum absolute atomic E-state index is 0.0435. The van der Waals surface area contributed by atoms with Gasteiger partial charge >= 0.3 is 11.9 Å². The lowest BCUT2D eigenvalue weighted by Gasteiger charge is -2.09. The molecule has 0 unspecified atom stereocenters. The third kappa shape index (κ3) is 5.09. The number of aliphatic carboxylic acids is 1. The van der Waals surface area contributed by atoms with Crippen LogP contribution in [0.4, 0.5) is 0 Å². The molecule has 1 aromatic rings. The molecule has 0 atom stereocenters. The van der Waals surface area contributed by atoms with E-state index >= 15 is 0 Å². The summed E-state index contributed by atoms with van der Waals surface area (Å²) < 4.78 is 4.95. The van der Waals surface area contributed by atoms with Crippen LogP contribution in [0.5, 0.6) is 0 Å². The Labute approximate surface area is 116 Å². The number of carboxylic acids is 2. The molecular formula is C14H15O6-. The van der Waals surface area contributed by atoms with Crippen LogP contribution in [0.3, 0.4) is 0 Å². The summed E-state index contributed by atoms with van der Waals surface area (Å²) in [6.07, 6.45) is 1.76. The van der Waals surface area contributed by atoms with Gasteiger partial charge in [0.15, 0.2) is 0 Å². The highest BCUT2D eigenvalue weighted by Crippen LogP contribution is 2.10. The smallest absolute Gasteiger partial charge is 0.338 e. The second-order valence-electron chi connectivity index (χ2n) is 4.17. The van der Waals surface area contributed by atoms with E-state index in [1.165, 1.54) is 24.3 Å². The molecule has 0 bridgehead atoms. The topological polar surface area (TPSA) is 104 Å². The molecule has 0 aliphatic carbocycles. The van der Waals surface area contributed by atoms with E-state index in [9.17, 15) is 19.5 Å². The fourth-order valence-corrected chi connectivity index (χ4v) is 1.64. The maximum Gasteiger partial charge on any atom is 0.338 e. The molecule has 0 radical (unpaired) electrons. The highest BCUT2D eigenvalue weighted by Gasteiger charge is 2.12. The van der Waals surface area contributed by atoms with Gasteiger partial charge in [-0.15, -0.1) is 0 Å². The average molecular weight is 279 g/mol. The molecule has 0 aliphatic rings. The maximum atomic E-state index is 11.7. The standard InChI is InChI=1S/C14H16O6/c15-12(16)8-2-1-5-9-20-14(19)11-7-4-3-6-10(11)13(17)18/h3-4,6-7H,1-2,5,8-9H2,(H,15,16)(H,17,18)/p-1. The van der Waals surface area contributed by atoms with Gasteiger partial charge in [-0.05, 0) is 25.3 Å². The minimum Gasteiger partial charge on any atom is -0.545 e. The Kier molecular flexibility index (Phi) is 6.22. The first kappa shape index (κ1) is 15.7. The first-order valence-electron chi connectivity index (χ1n) is 6.21. The summed E-state index contributed by atoms with van der Waals surface area (Å²) in [5.41, 5.74) is -0.249. The van der Waals surface area contributed by atoms with E-state index in [1.807, 2.05) is 0 Å². The number of rotatable bonds is 8. The van der Waals surface area contributed by atoms with Crippen LogP contribution in [0.2, 0.25) is 0 Å². The number of hydrogen-bond donors (Lipinski definition) is 1. The van der Waals surface area contributed by atoms with E-state index in [0.717, 1.165) is 0 Å². The van der Waals surface area contributed by atoms with Crippen LogP contribution >= 0.6 is 0 Å². The Morgan fingerprint density at radius 3 is 2.30 bits per heavy atom. The van der Waals surface area contributed by atoms with Crippen molar-refractivity contribution in [2.75, 3.05) is 6.61 Å². The van der Waals surface area contributed by atoms with Gasteiger partial charge in [-0.2, -0.15) is 0 Å². The summed E-state index contributed by atoms with van der Waals surface area (Å²) in [4.78, 5) is 32.8. The molecular weight excluding hydrogens is 264 g/mol. The van der Waals surface area contributed by atoms with Crippen molar-refractivity contribution < 1.29 is 29.3 Å². The minimum atomic E-state index is -1.43. The molecule has 1 rings (SSSR count). The van der Waals surface area contributed by atoms with Crippen LogP contribution in [0.15, 0.2) is 24.3 Å². The summed E-state index contributed by atoms with van der Waals surface area (Å²) in [6, 6.07) is 5.67. The third-order valence-electron chi connectivity index (χ3n) is 2.64. The van der Waals surface area contributed by atoms with Crippen molar-refractivity contribution in [1.82, 2.24) is 0 Å². The molecule has 6 nitrogen and oxygen atoms in total. The summed E-state index contributed by atoms with van der Waals surface area (Å²) in [6.45, 7) is 0.125. The largest absolute Gasteiger partial charge is 0.545 e. The van der Waals surface area contributed by atoms with Crippen molar-refractivity contribution in [1.29, 1.82) is 0 Å². The fraction of sp³-hybridized carbons (Fsp3) is 0.357. The van der Waals surface area contributed by atoms with Crippen molar-refractivity contribution in [3.8, 4) is 0 Å². The van der Waals surface area contributed by atoms with Crippen molar-refractivity contribution in [2.24, 2.45) is 0 Å². The lowest BCUT2D eigenvalue weighted by molar-refractivity contribution is -0.255. The van der Waals surface area contributed by atoms with Crippen LogP contribution in [-0.4, -0.2) is 29.6 Å². The monoisotopic (exact) mass is 279 g/mol. The van der Waals surface area contributed by atoms with Crippen molar-refractivity contribution in [2.45, 2.75) is 25.7 Å². The molecule has 0 spiro atoms. The van der Waals surface area contributed by atoms with Crippen LogP contribution in [0.1, 0.15) is 46.4 Å². The molecule has 0 fully saturated rings. The van der Waals surface area contributed by atoms with Gasteiger partial charge in [0, 0.05) is 12.0 Å². The van der Waals surface area contributed by atoms with Gasteiger partial charge in [-0.1, -0.05) is 18.2 Å². The van der Waals surface area contributed by atoms with Crippen molar-refractivity contribution in [3.63, 3.8) is 0 Å². The zero-order chi connectivity index (χ0) is 15.0. The number of esters is 1. The Hall–Kier alpha value is -2.37. The zero-order valence-corrected chi connectivity index (χ0v) is 10.8. The lowest BCUT2D eigenvalue weighted by atomic mass is 10.1.